The van der Waals surface area contributed by atoms with Gasteiger partial charge in [-0.15, -0.1) is 0 Å². The summed E-state index contributed by atoms with van der Waals surface area (Å²) in [7, 11) is 0. The molecule has 0 unspecified atom stereocenters. The quantitative estimate of drug-likeness (QED) is 0.748. The Hall–Kier alpha value is -3.02. The Labute approximate surface area is 164 Å². The molecule has 146 valence electrons. The van der Waals surface area contributed by atoms with E-state index in [1.165, 1.54) is 6.08 Å². The highest BCUT2D eigenvalue weighted by atomic mass is 16.7. The van der Waals surface area contributed by atoms with Crippen LogP contribution < -0.4 is 5.32 Å². The standard InChI is InChI=1S/C22H25N3O3/c1-5-17(19(26)6-2)24-21(27)22(14(3)4)13-18(25-28-22)20-16-10-8-7-9-15(16)11-12-23-20/h6-12,14,17H,2,5,13H2,1,3-4H3,(H,24,27)/t17-,22+/m0/s1. The number of rotatable bonds is 7. The molecule has 0 bridgehead atoms. The van der Waals surface area contributed by atoms with E-state index in [1.54, 1.807) is 6.20 Å². The molecule has 2 heterocycles. The van der Waals surface area contributed by atoms with Gasteiger partial charge in [-0.25, -0.2) is 0 Å². The van der Waals surface area contributed by atoms with E-state index in [-0.39, 0.29) is 24.0 Å². The maximum absolute atomic E-state index is 13.1. The summed E-state index contributed by atoms with van der Waals surface area (Å²) in [6.07, 6.45) is 3.72. The van der Waals surface area contributed by atoms with Crippen LogP contribution >= 0.6 is 0 Å². The Morgan fingerprint density at radius 2 is 2.07 bits per heavy atom. The predicted molar refractivity (Wildman–Crippen MR) is 109 cm³/mol. The van der Waals surface area contributed by atoms with Gasteiger partial charge >= 0.3 is 0 Å². The second-order valence-electron chi connectivity index (χ2n) is 7.27. The van der Waals surface area contributed by atoms with Crippen LogP contribution in [0.15, 0.2) is 54.3 Å². The first-order chi connectivity index (χ1) is 13.4. The van der Waals surface area contributed by atoms with E-state index < -0.39 is 11.6 Å². The number of hydrogen-bond donors (Lipinski definition) is 1. The van der Waals surface area contributed by atoms with Gasteiger partial charge in [-0.1, -0.05) is 56.8 Å². The molecular formula is C22H25N3O3. The average molecular weight is 379 g/mol. The van der Waals surface area contributed by atoms with Gasteiger partial charge in [0.2, 0.25) is 5.60 Å². The zero-order valence-corrected chi connectivity index (χ0v) is 16.4. The fourth-order valence-electron chi connectivity index (χ4n) is 3.42. The number of nitrogens with zero attached hydrogens (tertiary/aromatic N) is 2. The Morgan fingerprint density at radius 3 is 2.75 bits per heavy atom. The van der Waals surface area contributed by atoms with Crippen LogP contribution in [0.3, 0.4) is 0 Å². The van der Waals surface area contributed by atoms with E-state index >= 15 is 0 Å². The normalized spacial score (nSPS) is 19.8. The summed E-state index contributed by atoms with van der Waals surface area (Å²) in [5.41, 5.74) is 0.161. The number of fused-ring (bicyclic) bond motifs is 1. The van der Waals surface area contributed by atoms with Crippen LogP contribution in [0, 0.1) is 5.92 Å². The van der Waals surface area contributed by atoms with E-state index in [0.717, 1.165) is 10.8 Å². The minimum absolute atomic E-state index is 0.153. The number of hydrogen-bond acceptors (Lipinski definition) is 5. The molecule has 2 aromatic rings. The van der Waals surface area contributed by atoms with Crippen molar-refractivity contribution in [2.75, 3.05) is 0 Å². The monoisotopic (exact) mass is 379 g/mol. The Morgan fingerprint density at radius 1 is 1.32 bits per heavy atom. The third-order valence-electron chi connectivity index (χ3n) is 5.27. The highest BCUT2D eigenvalue weighted by Gasteiger charge is 2.50. The first kappa shape index (κ1) is 19.7. The van der Waals surface area contributed by atoms with Crippen molar-refractivity contribution in [3.63, 3.8) is 0 Å². The highest BCUT2D eigenvalue weighted by molar-refractivity contribution is 6.12. The van der Waals surface area contributed by atoms with E-state index in [0.29, 0.717) is 17.8 Å². The lowest BCUT2D eigenvalue weighted by atomic mass is 9.83. The van der Waals surface area contributed by atoms with Crippen molar-refractivity contribution in [3.05, 3.63) is 54.9 Å². The molecule has 6 nitrogen and oxygen atoms in total. The van der Waals surface area contributed by atoms with Gasteiger partial charge in [-0.05, 0) is 23.9 Å². The van der Waals surface area contributed by atoms with Crippen LogP contribution in [0.5, 0.6) is 0 Å². The van der Waals surface area contributed by atoms with Gasteiger partial charge in [-0.2, -0.15) is 0 Å². The molecule has 1 aliphatic rings. The third kappa shape index (κ3) is 3.42. The zero-order chi connectivity index (χ0) is 20.3. The molecule has 0 aliphatic carbocycles. The number of aromatic nitrogens is 1. The number of carbonyl (C=O) groups excluding carboxylic acids is 2. The largest absolute Gasteiger partial charge is 0.378 e. The molecule has 3 rings (SSSR count). The SMILES string of the molecule is C=CC(=O)[C@H](CC)NC(=O)[C@]1(C(C)C)CC(c2nccc3ccccc23)=NO1. The van der Waals surface area contributed by atoms with E-state index in [9.17, 15) is 9.59 Å². The molecule has 0 fully saturated rings. The van der Waals surface area contributed by atoms with Crippen LogP contribution in [-0.4, -0.2) is 34.0 Å². The molecule has 6 heteroatoms. The predicted octanol–water partition coefficient (Wildman–Crippen LogP) is 3.40. The van der Waals surface area contributed by atoms with Crippen molar-refractivity contribution in [1.29, 1.82) is 0 Å². The third-order valence-corrected chi connectivity index (χ3v) is 5.27. The summed E-state index contributed by atoms with van der Waals surface area (Å²) in [6.45, 7) is 9.16. The lowest BCUT2D eigenvalue weighted by Crippen LogP contribution is -2.54. The van der Waals surface area contributed by atoms with Crippen molar-refractivity contribution in [2.24, 2.45) is 11.1 Å². The number of nitrogens with one attached hydrogen (secondary N) is 1. The molecule has 28 heavy (non-hydrogen) atoms. The summed E-state index contributed by atoms with van der Waals surface area (Å²) in [5.74, 6) is -0.715. The molecule has 0 radical (unpaired) electrons. The fourth-order valence-corrected chi connectivity index (χ4v) is 3.42. The van der Waals surface area contributed by atoms with E-state index in [4.69, 9.17) is 4.84 Å². The van der Waals surface area contributed by atoms with Crippen LogP contribution in [0.2, 0.25) is 0 Å². The lowest BCUT2D eigenvalue weighted by molar-refractivity contribution is -0.151. The Bertz CT molecular complexity index is 946. The van der Waals surface area contributed by atoms with Crippen molar-refractivity contribution in [2.45, 2.75) is 45.3 Å². The Balaban J connectivity index is 1.90. The van der Waals surface area contributed by atoms with E-state index in [2.05, 4.69) is 22.0 Å². The van der Waals surface area contributed by atoms with Gasteiger partial charge in [0.25, 0.3) is 5.91 Å². The van der Waals surface area contributed by atoms with Gasteiger partial charge in [-0.3, -0.25) is 14.6 Å². The Kier molecular flexibility index (Phi) is 5.58. The molecule has 1 aliphatic heterocycles. The lowest BCUT2D eigenvalue weighted by Gasteiger charge is -2.30. The van der Waals surface area contributed by atoms with Gasteiger partial charge in [0.15, 0.2) is 5.78 Å². The van der Waals surface area contributed by atoms with Crippen LogP contribution in [0.1, 0.15) is 39.3 Å². The van der Waals surface area contributed by atoms with Gasteiger partial charge in [0.1, 0.15) is 5.71 Å². The van der Waals surface area contributed by atoms with Crippen molar-refractivity contribution in [1.82, 2.24) is 10.3 Å². The molecular weight excluding hydrogens is 354 g/mol. The minimum atomic E-state index is -1.18. The number of pyridine rings is 1. The first-order valence-corrected chi connectivity index (χ1v) is 9.49. The van der Waals surface area contributed by atoms with Crippen LogP contribution in [0.25, 0.3) is 10.8 Å². The second-order valence-corrected chi connectivity index (χ2v) is 7.27. The first-order valence-electron chi connectivity index (χ1n) is 9.49. The van der Waals surface area contributed by atoms with Crippen molar-refractivity contribution < 1.29 is 14.4 Å². The maximum Gasteiger partial charge on any atom is 0.268 e. The number of carbonyl (C=O) groups is 2. The molecule has 1 aromatic carbocycles. The average Bonchev–Trinajstić information content (AvgIpc) is 3.17. The number of ketones is 1. The fraction of sp³-hybridized carbons (Fsp3) is 0.364. The zero-order valence-electron chi connectivity index (χ0n) is 16.4. The number of oxime groups is 1. The topological polar surface area (TPSA) is 80.7 Å². The molecule has 2 atom stereocenters. The van der Waals surface area contributed by atoms with E-state index in [1.807, 2.05) is 51.1 Å². The summed E-state index contributed by atoms with van der Waals surface area (Å²) >= 11 is 0. The summed E-state index contributed by atoms with van der Waals surface area (Å²) in [6, 6.07) is 9.21. The molecule has 1 N–H and O–H groups in total. The van der Waals surface area contributed by atoms with Gasteiger partial charge in [0, 0.05) is 23.9 Å². The molecule has 0 saturated carbocycles. The second kappa shape index (κ2) is 7.92. The van der Waals surface area contributed by atoms with Gasteiger partial charge in [0.05, 0.1) is 11.7 Å². The minimum Gasteiger partial charge on any atom is -0.378 e. The number of amides is 1. The van der Waals surface area contributed by atoms with Crippen LogP contribution in [-0.2, 0) is 14.4 Å². The summed E-state index contributed by atoms with van der Waals surface area (Å²) in [5, 5.41) is 9.06. The van der Waals surface area contributed by atoms with Crippen molar-refractivity contribution in [3.8, 4) is 0 Å². The molecule has 1 aromatic heterocycles. The molecule has 1 amide bonds. The highest BCUT2D eigenvalue weighted by Crippen LogP contribution is 2.35. The molecule has 0 spiro atoms. The molecule has 0 saturated heterocycles. The number of benzene rings is 1. The van der Waals surface area contributed by atoms with Crippen LogP contribution in [0.4, 0.5) is 0 Å². The maximum atomic E-state index is 13.1. The smallest absolute Gasteiger partial charge is 0.268 e. The summed E-state index contributed by atoms with van der Waals surface area (Å²) in [4.78, 5) is 35.3. The van der Waals surface area contributed by atoms with Gasteiger partial charge < -0.3 is 10.2 Å². The summed E-state index contributed by atoms with van der Waals surface area (Å²) < 4.78 is 0. The van der Waals surface area contributed by atoms with Crippen molar-refractivity contribution >= 4 is 28.2 Å².